The SMILES string of the molecule is COCCCn1cc(N)c(C(N)=O)n1. The van der Waals surface area contributed by atoms with E-state index in [-0.39, 0.29) is 5.69 Å². The average Bonchev–Trinajstić information content (AvgIpc) is 2.47. The Morgan fingerprint density at radius 1 is 1.71 bits per heavy atom. The summed E-state index contributed by atoms with van der Waals surface area (Å²) in [6.45, 7) is 1.30. The van der Waals surface area contributed by atoms with Crippen LogP contribution in [0.3, 0.4) is 0 Å². The third-order valence-corrected chi connectivity index (χ3v) is 1.76. The molecule has 1 aromatic heterocycles. The highest BCUT2D eigenvalue weighted by Gasteiger charge is 2.10. The van der Waals surface area contributed by atoms with Gasteiger partial charge in [-0.15, -0.1) is 0 Å². The molecule has 1 rings (SSSR count). The van der Waals surface area contributed by atoms with Crippen LogP contribution in [-0.2, 0) is 11.3 Å². The maximum absolute atomic E-state index is 10.8. The Morgan fingerprint density at radius 3 is 2.93 bits per heavy atom. The number of aromatic nitrogens is 2. The molecule has 4 N–H and O–H groups in total. The fourth-order valence-electron chi connectivity index (χ4n) is 1.11. The van der Waals surface area contributed by atoms with E-state index in [0.29, 0.717) is 18.8 Å². The van der Waals surface area contributed by atoms with Crippen molar-refractivity contribution in [3.05, 3.63) is 11.9 Å². The van der Waals surface area contributed by atoms with Crippen molar-refractivity contribution >= 4 is 11.6 Å². The minimum absolute atomic E-state index is 0.127. The Labute approximate surface area is 81.8 Å². The second kappa shape index (κ2) is 4.61. The van der Waals surface area contributed by atoms with E-state index < -0.39 is 5.91 Å². The van der Waals surface area contributed by atoms with Crippen molar-refractivity contribution in [2.45, 2.75) is 13.0 Å². The summed E-state index contributed by atoms with van der Waals surface area (Å²) in [5, 5.41) is 3.94. The standard InChI is InChI=1S/C8H14N4O2/c1-14-4-2-3-12-5-6(9)7(11-12)8(10)13/h5H,2-4,9H2,1H3,(H2,10,13). The van der Waals surface area contributed by atoms with Gasteiger partial charge in [0.05, 0.1) is 5.69 Å². The number of ether oxygens (including phenoxy) is 1. The predicted octanol–water partition coefficient (Wildman–Crippen LogP) is -0.399. The lowest BCUT2D eigenvalue weighted by Crippen LogP contribution is -2.14. The summed E-state index contributed by atoms with van der Waals surface area (Å²) in [5.41, 5.74) is 11.0. The van der Waals surface area contributed by atoms with Crippen molar-refractivity contribution in [3.8, 4) is 0 Å². The quantitative estimate of drug-likeness (QED) is 0.629. The van der Waals surface area contributed by atoms with Gasteiger partial charge in [-0.2, -0.15) is 5.10 Å². The fourth-order valence-corrected chi connectivity index (χ4v) is 1.11. The zero-order valence-electron chi connectivity index (χ0n) is 8.06. The highest BCUT2D eigenvalue weighted by molar-refractivity contribution is 5.95. The molecule has 0 aliphatic rings. The highest BCUT2D eigenvalue weighted by atomic mass is 16.5. The van der Waals surface area contributed by atoms with E-state index in [1.807, 2.05) is 0 Å². The summed E-state index contributed by atoms with van der Waals surface area (Å²) in [6.07, 6.45) is 2.41. The molecule has 0 aliphatic carbocycles. The average molecular weight is 198 g/mol. The second-order valence-corrected chi connectivity index (χ2v) is 2.91. The highest BCUT2D eigenvalue weighted by Crippen LogP contribution is 2.08. The molecule has 0 radical (unpaired) electrons. The molecular weight excluding hydrogens is 184 g/mol. The largest absolute Gasteiger partial charge is 0.396 e. The van der Waals surface area contributed by atoms with Crippen LogP contribution in [0.25, 0.3) is 0 Å². The molecule has 0 spiro atoms. The molecule has 6 nitrogen and oxygen atoms in total. The number of hydrogen-bond donors (Lipinski definition) is 2. The molecule has 6 heteroatoms. The van der Waals surface area contributed by atoms with E-state index in [2.05, 4.69) is 5.10 Å². The zero-order valence-corrected chi connectivity index (χ0v) is 8.06. The summed E-state index contributed by atoms with van der Waals surface area (Å²) in [7, 11) is 1.63. The first kappa shape index (κ1) is 10.5. The van der Waals surface area contributed by atoms with E-state index >= 15 is 0 Å². The summed E-state index contributed by atoms with van der Waals surface area (Å²) >= 11 is 0. The summed E-state index contributed by atoms with van der Waals surface area (Å²) < 4.78 is 6.48. The van der Waals surface area contributed by atoms with Crippen molar-refractivity contribution in [2.75, 3.05) is 19.5 Å². The lowest BCUT2D eigenvalue weighted by atomic mass is 10.4. The number of rotatable bonds is 5. The Morgan fingerprint density at radius 2 is 2.43 bits per heavy atom. The summed E-state index contributed by atoms with van der Waals surface area (Å²) in [6, 6.07) is 0. The topological polar surface area (TPSA) is 96.2 Å². The third kappa shape index (κ3) is 2.46. The summed E-state index contributed by atoms with van der Waals surface area (Å²) in [5.74, 6) is -0.604. The van der Waals surface area contributed by atoms with Crippen LogP contribution >= 0.6 is 0 Å². The van der Waals surface area contributed by atoms with Crippen LogP contribution in [0.5, 0.6) is 0 Å². The minimum atomic E-state index is -0.604. The number of anilines is 1. The third-order valence-electron chi connectivity index (χ3n) is 1.76. The molecule has 0 aliphatic heterocycles. The lowest BCUT2D eigenvalue weighted by Gasteiger charge is -1.99. The first-order valence-electron chi connectivity index (χ1n) is 4.27. The maximum atomic E-state index is 10.8. The summed E-state index contributed by atoms with van der Waals surface area (Å²) in [4.78, 5) is 10.8. The van der Waals surface area contributed by atoms with Crippen molar-refractivity contribution in [1.29, 1.82) is 0 Å². The molecule has 14 heavy (non-hydrogen) atoms. The smallest absolute Gasteiger partial charge is 0.271 e. The molecule has 1 heterocycles. The normalized spacial score (nSPS) is 10.4. The number of carbonyl (C=O) groups is 1. The van der Waals surface area contributed by atoms with Gasteiger partial charge in [0.25, 0.3) is 5.91 Å². The van der Waals surface area contributed by atoms with Gasteiger partial charge in [0.15, 0.2) is 5.69 Å². The van der Waals surface area contributed by atoms with Gasteiger partial charge in [-0.3, -0.25) is 9.48 Å². The van der Waals surface area contributed by atoms with Gasteiger partial charge in [0.2, 0.25) is 0 Å². The number of carbonyl (C=O) groups excluding carboxylic acids is 1. The molecule has 1 amide bonds. The Kier molecular flexibility index (Phi) is 3.47. The molecular formula is C8H14N4O2. The molecule has 1 aromatic rings. The number of amides is 1. The van der Waals surface area contributed by atoms with Crippen molar-refractivity contribution < 1.29 is 9.53 Å². The van der Waals surface area contributed by atoms with Crippen LogP contribution in [0.15, 0.2) is 6.20 Å². The van der Waals surface area contributed by atoms with Crippen molar-refractivity contribution in [2.24, 2.45) is 5.73 Å². The number of primary amides is 1. The molecule has 0 saturated heterocycles. The number of aryl methyl sites for hydroxylation is 1. The van der Waals surface area contributed by atoms with Crippen LogP contribution in [0.1, 0.15) is 16.9 Å². The van der Waals surface area contributed by atoms with Crippen molar-refractivity contribution in [3.63, 3.8) is 0 Å². The molecule has 0 saturated carbocycles. The molecule has 78 valence electrons. The number of hydrogen-bond acceptors (Lipinski definition) is 4. The Balaban J connectivity index is 2.62. The lowest BCUT2D eigenvalue weighted by molar-refractivity contribution is 0.0995. The number of nitrogens with two attached hydrogens (primary N) is 2. The number of nitrogens with zero attached hydrogens (tertiary/aromatic N) is 2. The fraction of sp³-hybridized carbons (Fsp3) is 0.500. The molecule has 0 atom stereocenters. The monoisotopic (exact) mass is 198 g/mol. The molecule has 0 unspecified atom stereocenters. The Hall–Kier alpha value is -1.56. The molecule has 0 bridgehead atoms. The van der Waals surface area contributed by atoms with E-state index in [4.69, 9.17) is 16.2 Å². The molecule has 0 aromatic carbocycles. The van der Waals surface area contributed by atoms with Gasteiger partial charge in [-0.25, -0.2) is 0 Å². The minimum Gasteiger partial charge on any atom is -0.396 e. The van der Waals surface area contributed by atoms with Crippen LogP contribution < -0.4 is 11.5 Å². The Bertz CT molecular complexity index is 321. The zero-order chi connectivity index (χ0) is 10.6. The van der Waals surface area contributed by atoms with Crippen LogP contribution in [0, 0.1) is 0 Å². The van der Waals surface area contributed by atoms with E-state index in [9.17, 15) is 4.79 Å². The number of methoxy groups -OCH3 is 1. The van der Waals surface area contributed by atoms with Gasteiger partial charge in [-0.05, 0) is 6.42 Å². The van der Waals surface area contributed by atoms with Crippen LogP contribution in [0.4, 0.5) is 5.69 Å². The maximum Gasteiger partial charge on any atom is 0.271 e. The van der Waals surface area contributed by atoms with Crippen LogP contribution in [0.2, 0.25) is 0 Å². The van der Waals surface area contributed by atoms with Gasteiger partial charge < -0.3 is 16.2 Å². The van der Waals surface area contributed by atoms with Gasteiger partial charge in [-0.1, -0.05) is 0 Å². The first-order valence-corrected chi connectivity index (χ1v) is 4.27. The van der Waals surface area contributed by atoms with Crippen molar-refractivity contribution in [1.82, 2.24) is 9.78 Å². The number of nitrogen functional groups attached to an aromatic ring is 1. The van der Waals surface area contributed by atoms with E-state index in [1.165, 1.54) is 0 Å². The van der Waals surface area contributed by atoms with E-state index in [1.54, 1.807) is 18.0 Å². The van der Waals surface area contributed by atoms with Gasteiger partial charge in [0, 0.05) is 26.5 Å². The van der Waals surface area contributed by atoms with Gasteiger partial charge in [0.1, 0.15) is 0 Å². The second-order valence-electron chi connectivity index (χ2n) is 2.91. The van der Waals surface area contributed by atoms with Crippen LogP contribution in [-0.4, -0.2) is 29.4 Å². The first-order chi connectivity index (χ1) is 6.65. The van der Waals surface area contributed by atoms with Gasteiger partial charge >= 0.3 is 0 Å². The molecule has 0 fully saturated rings. The van der Waals surface area contributed by atoms with E-state index in [0.717, 1.165) is 6.42 Å². The predicted molar refractivity (Wildman–Crippen MR) is 51.7 cm³/mol.